The Labute approximate surface area is 134 Å². The fourth-order valence-corrected chi connectivity index (χ4v) is 2.04. The number of hydrogen-bond acceptors (Lipinski definition) is 5. The third kappa shape index (κ3) is 3.43. The summed E-state index contributed by atoms with van der Waals surface area (Å²) in [6.45, 7) is 2.98. The first-order valence-corrected chi connectivity index (χ1v) is 7.12. The van der Waals surface area contributed by atoms with Crippen molar-refractivity contribution in [2.24, 2.45) is 0 Å². The number of benzene rings is 1. The van der Waals surface area contributed by atoms with Gasteiger partial charge in [-0.25, -0.2) is 9.59 Å². The molecule has 1 aromatic rings. The zero-order valence-corrected chi connectivity index (χ0v) is 13.6. The van der Waals surface area contributed by atoms with Gasteiger partial charge in [0, 0.05) is 29.3 Å². The molecule has 1 N–H and O–H groups in total. The molecule has 1 fully saturated rings. The van der Waals surface area contributed by atoms with E-state index < -0.39 is 17.7 Å². The summed E-state index contributed by atoms with van der Waals surface area (Å²) in [7, 11) is 0. The van der Waals surface area contributed by atoms with Crippen molar-refractivity contribution in [2.75, 3.05) is 5.32 Å². The van der Waals surface area contributed by atoms with Gasteiger partial charge in [-0.3, -0.25) is 0 Å². The maximum absolute atomic E-state index is 11.7. The van der Waals surface area contributed by atoms with Crippen LogP contribution in [-0.4, -0.2) is 17.7 Å². The first-order valence-electron chi connectivity index (χ1n) is 5.67. The van der Waals surface area contributed by atoms with Gasteiger partial charge in [-0.05, 0) is 40.8 Å². The first kappa shape index (κ1) is 15.1. The maximum atomic E-state index is 11.7. The monoisotopic (exact) mass is 407 g/mol. The van der Waals surface area contributed by atoms with E-state index in [2.05, 4.69) is 27.9 Å². The van der Waals surface area contributed by atoms with Crippen LogP contribution in [0.3, 0.4) is 0 Å². The zero-order chi connectivity index (χ0) is 14.9. The Balaban J connectivity index is 2.17. The quantitative estimate of drug-likeness (QED) is 0.353. The van der Waals surface area contributed by atoms with Gasteiger partial charge in [0.15, 0.2) is 5.57 Å². The maximum Gasteiger partial charge on any atom is 0.350 e. The van der Waals surface area contributed by atoms with Gasteiger partial charge in [-0.2, -0.15) is 0 Å². The predicted molar refractivity (Wildman–Crippen MR) is 82.1 cm³/mol. The van der Waals surface area contributed by atoms with Crippen LogP contribution in [0.15, 0.2) is 30.0 Å². The lowest BCUT2D eigenvalue weighted by Crippen LogP contribution is -2.42. The summed E-state index contributed by atoms with van der Waals surface area (Å²) >= 11 is 8.08. The SMILES string of the molecule is CC1(C)OC(=O)C(=CNc2ccc(I)c(Cl)c2)C(=O)O1. The average Bonchev–Trinajstić information content (AvgIpc) is 2.31. The molecule has 0 atom stereocenters. The van der Waals surface area contributed by atoms with E-state index >= 15 is 0 Å². The zero-order valence-electron chi connectivity index (χ0n) is 10.7. The minimum Gasteiger partial charge on any atom is -0.419 e. The van der Waals surface area contributed by atoms with Gasteiger partial charge in [0.05, 0.1) is 5.02 Å². The van der Waals surface area contributed by atoms with Gasteiger partial charge in [0.25, 0.3) is 5.79 Å². The van der Waals surface area contributed by atoms with Crippen LogP contribution in [-0.2, 0) is 19.1 Å². The molecule has 1 heterocycles. The van der Waals surface area contributed by atoms with E-state index in [-0.39, 0.29) is 5.57 Å². The third-order valence-corrected chi connectivity index (χ3v) is 3.99. The van der Waals surface area contributed by atoms with E-state index in [9.17, 15) is 9.59 Å². The van der Waals surface area contributed by atoms with E-state index in [1.807, 2.05) is 6.07 Å². The lowest BCUT2D eigenvalue weighted by atomic mass is 10.2. The largest absolute Gasteiger partial charge is 0.419 e. The third-order valence-electron chi connectivity index (χ3n) is 2.42. The molecule has 0 aromatic heterocycles. The number of hydrogen-bond donors (Lipinski definition) is 1. The van der Waals surface area contributed by atoms with Crippen LogP contribution >= 0.6 is 34.2 Å². The highest BCUT2D eigenvalue weighted by atomic mass is 127. The fourth-order valence-electron chi connectivity index (χ4n) is 1.52. The van der Waals surface area contributed by atoms with Crippen molar-refractivity contribution in [2.45, 2.75) is 19.6 Å². The van der Waals surface area contributed by atoms with Crippen molar-refractivity contribution in [3.8, 4) is 0 Å². The molecular formula is C13H11ClINO4. The average molecular weight is 408 g/mol. The summed E-state index contributed by atoms with van der Waals surface area (Å²) in [4.78, 5) is 23.4. The van der Waals surface area contributed by atoms with Crippen molar-refractivity contribution in [1.29, 1.82) is 0 Å². The minimum absolute atomic E-state index is 0.195. The second kappa shape index (κ2) is 5.61. The molecule has 1 aromatic carbocycles. The molecule has 1 aliphatic heterocycles. The highest BCUT2D eigenvalue weighted by Gasteiger charge is 2.38. The highest BCUT2D eigenvalue weighted by Crippen LogP contribution is 2.24. The Bertz CT molecular complexity index is 590. The molecule has 0 bridgehead atoms. The second-order valence-corrected chi connectivity index (χ2v) is 6.08. The van der Waals surface area contributed by atoms with Crippen molar-refractivity contribution >= 4 is 51.8 Å². The van der Waals surface area contributed by atoms with E-state index in [4.69, 9.17) is 21.1 Å². The molecule has 106 valence electrons. The fraction of sp³-hybridized carbons (Fsp3) is 0.231. The molecule has 2 rings (SSSR count). The molecule has 0 radical (unpaired) electrons. The lowest BCUT2D eigenvalue weighted by molar-refractivity contribution is -0.222. The predicted octanol–water partition coefficient (Wildman–Crippen LogP) is 3.08. The Morgan fingerprint density at radius 1 is 1.25 bits per heavy atom. The molecule has 0 aliphatic carbocycles. The number of ether oxygens (including phenoxy) is 2. The van der Waals surface area contributed by atoms with E-state index in [1.54, 1.807) is 12.1 Å². The minimum atomic E-state index is -1.24. The van der Waals surface area contributed by atoms with E-state index in [0.717, 1.165) is 3.57 Å². The molecule has 0 amide bonds. The summed E-state index contributed by atoms with van der Waals surface area (Å²) in [6.07, 6.45) is 1.25. The molecule has 1 aliphatic rings. The van der Waals surface area contributed by atoms with Gasteiger partial charge in [-0.1, -0.05) is 11.6 Å². The summed E-state index contributed by atoms with van der Waals surface area (Å²) in [5.74, 6) is -2.69. The number of halogens is 2. The second-order valence-electron chi connectivity index (χ2n) is 4.51. The van der Waals surface area contributed by atoms with Crippen LogP contribution in [0.25, 0.3) is 0 Å². The van der Waals surface area contributed by atoms with Crippen molar-refractivity contribution in [1.82, 2.24) is 0 Å². The van der Waals surface area contributed by atoms with Crippen molar-refractivity contribution in [3.05, 3.63) is 38.6 Å². The Morgan fingerprint density at radius 2 is 1.85 bits per heavy atom. The number of anilines is 1. The Morgan fingerprint density at radius 3 is 2.40 bits per heavy atom. The summed E-state index contributed by atoms with van der Waals surface area (Å²) in [5.41, 5.74) is 0.451. The summed E-state index contributed by atoms with van der Waals surface area (Å²) < 4.78 is 10.8. The van der Waals surface area contributed by atoms with Gasteiger partial charge in [-0.15, -0.1) is 0 Å². The first-order chi connectivity index (χ1) is 9.28. The Kier molecular flexibility index (Phi) is 4.24. The van der Waals surface area contributed by atoms with Crippen molar-refractivity contribution in [3.63, 3.8) is 0 Å². The van der Waals surface area contributed by atoms with Crippen LogP contribution in [0, 0.1) is 3.57 Å². The molecule has 7 heteroatoms. The summed E-state index contributed by atoms with van der Waals surface area (Å²) in [6, 6.07) is 5.27. The number of cyclic esters (lactones) is 2. The lowest BCUT2D eigenvalue weighted by Gasteiger charge is -2.29. The molecule has 0 saturated carbocycles. The summed E-state index contributed by atoms with van der Waals surface area (Å²) in [5, 5.41) is 3.39. The van der Waals surface area contributed by atoms with Crippen LogP contribution in [0.4, 0.5) is 5.69 Å². The number of nitrogens with one attached hydrogen (secondary N) is 1. The molecule has 20 heavy (non-hydrogen) atoms. The Hall–Kier alpha value is -1.28. The number of carbonyl (C=O) groups excluding carboxylic acids is 2. The van der Waals surface area contributed by atoms with Gasteiger partial charge >= 0.3 is 11.9 Å². The molecule has 0 unspecified atom stereocenters. The molecule has 5 nitrogen and oxygen atoms in total. The van der Waals surface area contributed by atoms with Crippen LogP contribution in [0.2, 0.25) is 5.02 Å². The highest BCUT2D eigenvalue weighted by molar-refractivity contribution is 14.1. The number of rotatable bonds is 2. The number of esters is 2. The van der Waals surface area contributed by atoms with Crippen LogP contribution in [0.5, 0.6) is 0 Å². The van der Waals surface area contributed by atoms with Crippen LogP contribution in [0.1, 0.15) is 13.8 Å². The topological polar surface area (TPSA) is 64.6 Å². The van der Waals surface area contributed by atoms with Crippen LogP contribution < -0.4 is 5.32 Å². The van der Waals surface area contributed by atoms with E-state index in [1.165, 1.54) is 20.0 Å². The molecule has 0 spiro atoms. The van der Waals surface area contributed by atoms with E-state index in [0.29, 0.717) is 10.7 Å². The smallest absolute Gasteiger partial charge is 0.350 e. The standard InChI is InChI=1S/C13H11ClINO4/c1-13(2)19-11(17)8(12(18)20-13)6-16-7-3-4-10(15)9(14)5-7/h3-6,16H,1-2H3. The number of carbonyl (C=O) groups is 2. The van der Waals surface area contributed by atoms with Gasteiger partial charge in [0.1, 0.15) is 0 Å². The molecular weight excluding hydrogens is 397 g/mol. The van der Waals surface area contributed by atoms with Gasteiger partial charge in [0.2, 0.25) is 0 Å². The molecule has 1 saturated heterocycles. The normalized spacial score (nSPS) is 17.3. The van der Waals surface area contributed by atoms with Crippen molar-refractivity contribution < 1.29 is 19.1 Å². The van der Waals surface area contributed by atoms with Gasteiger partial charge < -0.3 is 14.8 Å².